The van der Waals surface area contributed by atoms with Crippen LogP contribution in [0.5, 0.6) is 5.75 Å². The third-order valence-corrected chi connectivity index (χ3v) is 2.58. The molecular weight excluding hydrogens is 257 g/mol. The number of benzene rings is 2. The van der Waals surface area contributed by atoms with Gasteiger partial charge in [0.05, 0.1) is 11.8 Å². The average molecular weight is 273 g/mol. The molecule has 2 aromatic carbocycles. The second-order valence-electron chi connectivity index (χ2n) is 4.63. The van der Waals surface area contributed by atoms with Crippen molar-refractivity contribution >= 4 is 11.6 Å². The number of carbonyl (C=O) groups excluding carboxylic acids is 1. The van der Waals surface area contributed by atoms with Gasteiger partial charge in [0.25, 0.3) is 5.91 Å². The molecule has 0 unspecified atom stereocenters. The van der Waals surface area contributed by atoms with E-state index >= 15 is 0 Å². The SMILES string of the molecule is CC(C)Oc1ccccc1NC(=O)c1cccc(F)c1. The van der Waals surface area contributed by atoms with Crippen molar-refractivity contribution in [3.8, 4) is 5.75 Å². The third-order valence-electron chi connectivity index (χ3n) is 2.58. The predicted octanol–water partition coefficient (Wildman–Crippen LogP) is 3.87. The fraction of sp³-hybridized carbons (Fsp3) is 0.188. The van der Waals surface area contributed by atoms with Crippen molar-refractivity contribution in [3.05, 3.63) is 59.9 Å². The summed E-state index contributed by atoms with van der Waals surface area (Å²) in [6, 6.07) is 12.7. The first-order valence-corrected chi connectivity index (χ1v) is 6.39. The minimum Gasteiger partial charge on any atom is -0.489 e. The lowest BCUT2D eigenvalue weighted by molar-refractivity contribution is 0.102. The maximum absolute atomic E-state index is 13.1. The van der Waals surface area contributed by atoms with Gasteiger partial charge in [0, 0.05) is 5.56 Å². The van der Waals surface area contributed by atoms with E-state index in [1.165, 1.54) is 18.2 Å². The molecule has 4 heteroatoms. The van der Waals surface area contributed by atoms with Gasteiger partial charge in [-0.15, -0.1) is 0 Å². The molecule has 0 bridgehead atoms. The van der Waals surface area contributed by atoms with Gasteiger partial charge in [0.1, 0.15) is 11.6 Å². The van der Waals surface area contributed by atoms with Crippen LogP contribution in [0.15, 0.2) is 48.5 Å². The van der Waals surface area contributed by atoms with Crippen molar-refractivity contribution in [3.63, 3.8) is 0 Å². The van der Waals surface area contributed by atoms with Crippen molar-refractivity contribution in [1.29, 1.82) is 0 Å². The highest BCUT2D eigenvalue weighted by Gasteiger charge is 2.11. The van der Waals surface area contributed by atoms with E-state index in [1.54, 1.807) is 24.3 Å². The summed E-state index contributed by atoms with van der Waals surface area (Å²) in [5, 5.41) is 2.73. The number of carbonyl (C=O) groups is 1. The first kappa shape index (κ1) is 14.1. The summed E-state index contributed by atoms with van der Waals surface area (Å²) >= 11 is 0. The number of amides is 1. The van der Waals surface area contributed by atoms with Crippen LogP contribution in [0.4, 0.5) is 10.1 Å². The number of anilines is 1. The molecular formula is C16H16FNO2. The van der Waals surface area contributed by atoms with E-state index in [-0.39, 0.29) is 17.6 Å². The van der Waals surface area contributed by atoms with Crippen LogP contribution in [0.1, 0.15) is 24.2 Å². The molecule has 0 aliphatic carbocycles. The lowest BCUT2D eigenvalue weighted by Gasteiger charge is -2.14. The van der Waals surface area contributed by atoms with Crippen LogP contribution in [0.3, 0.4) is 0 Å². The minimum atomic E-state index is -0.440. The Labute approximate surface area is 117 Å². The summed E-state index contributed by atoms with van der Waals surface area (Å²) in [4.78, 5) is 12.1. The maximum atomic E-state index is 13.1. The molecule has 0 aromatic heterocycles. The largest absolute Gasteiger partial charge is 0.489 e. The zero-order chi connectivity index (χ0) is 14.5. The number of hydrogen-bond acceptors (Lipinski definition) is 2. The van der Waals surface area contributed by atoms with Gasteiger partial charge in [-0.1, -0.05) is 18.2 Å². The Morgan fingerprint density at radius 2 is 1.90 bits per heavy atom. The van der Waals surface area contributed by atoms with E-state index in [9.17, 15) is 9.18 Å². The van der Waals surface area contributed by atoms with Crippen molar-refractivity contribution < 1.29 is 13.9 Å². The lowest BCUT2D eigenvalue weighted by atomic mass is 10.2. The summed E-state index contributed by atoms with van der Waals surface area (Å²) in [6.45, 7) is 3.82. The Bertz CT molecular complexity index is 611. The standard InChI is InChI=1S/C16H16FNO2/c1-11(2)20-15-9-4-3-8-14(15)18-16(19)12-6-5-7-13(17)10-12/h3-11H,1-2H3,(H,18,19). The van der Waals surface area contributed by atoms with E-state index in [2.05, 4.69) is 5.32 Å². The fourth-order valence-electron chi connectivity index (χ4n) is 1.75. The van der Waals surface area contributed by atoms with E-state index in [0.29, 0.717) is 11.4 Å². The number of halogens is 1. The Hall–Kier alpha value is -2.36. The Kier molecular flexibility index (Phi) is 4.35. The van der Waals surface area contributed by atoms with Crippen LogP contribution in [0, 0.1) is 5.82 Å². The van der Waals surface area contributed by atoms with Gasteiger partial charge in [-0.2, -0.15) is 0 Å². The fourth-order valence-corrected chi connectivity index (χ4v) is 1.75. The molecule has 0 atom stereocenters. The molecule has 2 aromatic rings. The Morgan fingerprint density at radius 3 is 2.60 bits per heavy atom. The molecule has 20 heavy (non-hydrogen) atoms. The second-order valence-corrected chi connectivity index (χ2v) is 4.63. The van der Waals surface area contributed by atoms with E-state index < -0.39 is 5.82 Å². The lowest BCUT2D eigenvalue weighted by Crippen LogP contribution is -2.14. The second kappa shape index (κ2) is 6.19. The first-order chi connectivity index (χ1) is 9.56. The molecule has 0 saturated carbocycles. The molecule has 1 amide bonds. The molecule has 0 aliphatic rings. The zero-order valence-corrected chi connectivity index (χ0v) is 11.4. The molecule has 2 rings (SSSR count). The van der Waals surface area contributed by atoms with E-state index in [1.807, 2.05) is 19.9 Å². The van der Waals surface area contributed by atoms with E-state index in [0.717, 1.165) is 0 Å². The van der Waals surface area contributed by atoms with Crippen LogP contribution in [-0.4, -0.2) is 12.0 Å². The van der Waals surface area contributed by atoms with Gasteiger partial charge in [0.15, 0.2) is 0 Å². The molecule has 0 radical (unpaired) electrons. The summed E-state index contributed by atoms with van der Waals surface area (Å²) in [6.07, 6.45) is 0.00206. The summed E-state index contributed by atoms with van der Waals surface area (Å²) in [5.74, 6) is -0.221. The summed E-state index contributed by atoms with van der Waals surface area (Å²) in [7, 11) is 0. The number of nitrogens with one attached hydrogen (secondary N) is 1. The summed E-state index contributed by atoms with van der Waals surface area (Å²) in [5.41, 5.74) is 0.833. The van der Waals surface area contributed by atoms with Gasteiger partial charge in [-0.3, -0.25) is 4.79 Å². The van der Waals surface area contributed by atoms with Crippen molar-refractivity contribution in [2.75, 3.05) is 5.32 Å². The van der Waals surface area contributed by atoms with Crippen molar-refractivity contribution in [1.82, 2.24) is 0 Å². The maximum Gasteiger partial charge on any atom is 0.255 e. The molecule has 0 aliphatic heterocycles. The zero-order valence-electron chi connectivity index (χ0n) is 11.4. The summed E-state index contributed by atoms with van der Waals surface area (Å²) < 4.78 is 18.7. The van der Waals surface area contributed by atoms with Crippen LogP contribution in [0.2, 0.25) is 0 Å². The molecule has 3 nitrogen and oxygen atoms in total. The van der Waals surface area contributed by atoms with Crippen LogP contribution < -0.4 is 10.1 Å². The van der Waals surface area contributed by atoms with Crippen LogP contribution in [-0.2, 0) is 0 Å². The highest BCUT2D eigenvalue weighted by molar-refractivity contribution is 6.05. The number of rotatable bonds is 4. The van der Waals surface area contributed by atoms with Crippen molar-refractivity contribution in [2.24, 2.45) is 0 Å². The van der Waals surface area contributed by atoms with Gasteiger partial charge in [0.2, 0.25) is 0 Å². The Morgan fingerprint density at radius 1 is 1.15 bits per heavy atom. The normalized spacial score (nSPS) is 10.4. The number of ether oxygens (including phenoxy) is 1. The number of para-hydroxylation sites is 2. The Balaban J connectivity index is 2.19. The monoisotopic (exact) mass is 273 g/mol. The average Bonchev–Trinajstić information content (AvgIpc) is 2.40. The van der Waals surface area contributed by atoms with E-state index in [4.69, 9.17) is 4.74 Å². The smallest absolute Gasteiger partial charge is 0.255 e. The topological polar surface area (TPSA) is 38.3 Å². The predicted molar refractivity (Wildman–Crippen MR) is 76.6 cm³/mol. The highest BCUT2D eigenvalue weighted by atomic mass is 19.1. The van der Waals surface area contributed by atoms with Gasteiger partial charge < -0.3 is 10.1 Å². The molecule has 1 N–H and O–H groups in total. The highest BCUT2D eigenvalue weighted by Crippen LogP contribution is 2.25. The molecule has 104 valence electrons. The third kappa shape index (κ3) is 3.57. The molecule has 0 spiro atoms. The quantitative estimate of drug-likeness (QED) is 0.918. The van der Waals surface area contributed by atoms with Gasteiger partial charge >= 0.3 is 0 Å². The van der Waals surface area contributed by atoms with Crippen LogP contribution in [0.25, 0.3) is 0 Å². The van der Waals surface area contributed by atoms with Gasteiger partial charge in [-0.25, -0.2) is 4.39 Å². The van der Waals surface area contributed by atoms with Crippen LogP contribution >= 0.6 is 0 Å². The number of hydrogen-bond donors (Lipinski definition) is 1. The first-order valence-electron chi connectivity index (χ1n) is 6.39. The molecule has 0 saturated heterocycles. The van der Waals surface area contributed by atoms with Gasteiger partial charge in [-0.05, 0) is 44.2 Å². The van der Waals surface area contributed by atoms with Crippen molar-refractivity contribution in [2.45, 2.75) is 20.0 Å². The molecule has 0 heterocycles. The minimum absolute atomic E-state index is 0.00206. The molecule has 0 fully saturated rings.